The summed E-state index contributed by atoms with van der Waals surface area (Å²) in [6.45, 7) is 9.91. The zero-order chi connectivity index (χ0) is 30.7. The molecule has 43 heavy (non-hydrogen) atoms. The summed E-state index contributed by atoms with van der Waals surface area (Å²) in [6.07, 6.45) is 12.4. The summed E-state index contributed by atoms with van der Waals surface area (Å²) in [6, 6.07) is 6.80. The second kappa shape index (κ2) is 19.9. The van der Waals surface area contributed by atoms with Crippen LogP contribution in [0.1, 0.15) is 81.0 Å². The molecule has 2 saturated carbocycles. The summed E-state index contributed by atoms with van der Waals surface area (Å²) in [5, 5.41) is 0. The maximum atomic E-state index is 12.8. The summed E-state index contributed by atoms with van der Waals surface area (Å²) in [7, 11) is 0. The molecule has 0 atom stereocenters. The minimum absolute atomic E-state index is 0.0151. The first kappa shape index (κ1) is 34.3. The summed E-state index contributed by atoms with van der Waals surface area (Å²) in [4.78, 5) is 36.2. The van der Waals surface area contributed by atoms with E-state index in [1.807, 2.05) is 0 Å². The third kappa shape index (κ3) is 13.3. The van der Waals surface area contributed by atoms with E-state index >= 15 is 0 Å². The van der Waals surface area contributed by atoms with Crippen molar-refractivity contribution in [3.8, 4) is 5.75 Å². The SMILES string of the molecule is C=CCOCCCOC1CCC(C(=O)OC2CCC(CCOC(=O)c3ccc(OCCCOC(=O)C=C)cc3)CC2)CC1. The number of esters is 3. The van der Waals surface area contributed by atoms with Gasteiger partial charge in [-0.15, -0.1) is 6.58 Å². The number of carbonyl (C=O) groups is 3. The van der Waals surface area contributed by atoms with Crippen LogP contribution in [0.15, 0.2) is 49.6 Å². The minimum atomic E-state index is -0.454. The van der Waals surface area contributed by atoms with Crippen LogP contribution in [0.4, 0.5) is 0 Å². The maximum Gasteiger partial charge on any atom is 0.338 e. The van der Waals surface area contributed by atoms with E-state index in [0.717, 1.165) is 70.3 Å². The molecule has 0 aromatic heterocycles. The third-order valence-corrected chi connectivity index (χ3v) is 7.92. The molecule has 3 rings (SSSR count). The van der Waals surface area contributed by atoms with Crippen molar-refractivity contribution in [1.82, 2.24) is 0 Å². The first-order valence-electron chi connectivity index (χ1n) is 15.7. The molecule has 1 aromatic carbocycles. The Balaban J connectivity index is 1.22. The van der Waals surface area contributed by atoms with Crippen LogP contribution in [0.2, 0.25) is 0 Å². The Morgan fingerprint density at radius 2 is 1.47 bits per heavy atom. The van der Waals surface area contributed by atoms with Crippen molar-refractivity contribution < 1.29 is 42.8 Å². The molecule has 0 bridgehead atoms. The van der Waals surface area contributed by atoms with E-state index in [1.165, 1.54) is 0 Å². The number of hydrogen-bond acceptors (Lipinski definition) is 9. The largest absolute Gasteiger partial charge is 0.493 e. The lowest BCUT2D eigenvalue weighted by Gasteiger charge is -2.31. The molecule has 0 saturated heterocycles. The minimum Gasteiger partial charge on any atom is -0.493 e. The van der Waals surface area contributed by atoms with Crippen LogP contribution < -0.4 is 4.74 Å². The quantitative estimate of drug-likeness (QED) is 0.0621. The lowest BCUT2D eigenvalue weighted by molar-refractivity contribution is -0.158. The second-order valence-corrected chi connectivity index (χ2v) is 11.2. The molecule has 0 amide bonds. The van der Waals surface area contributed by atoms with Gasteiger partial charge in [0.1, 0.15) is 11.9 Å². The number of hydrogen-bond donors (Lipinski definition) is 0. The van der Waals surface area contributed by atoms with Gasteiger partial charge in [0.2, 0.25) is 0 Å². The Hall–Kier alpha value is -3.17. The normalized spacial score (nSPS) is 21.8. The average molecular weight is 601 g/mol. The fraction of sp³-hybridized carbons (Fsp3) is 0.618. The smallest absolute Gasteiger partial charge is 0.338 e. The highest BCUT2D eigenvalue weighted by molar-refractivity contribution is 5.89. The molecule has 0 spiro atoms. The van der Waals surface area contributed by atoms with E-state index in [1.54, 1.807) is 30.3 Å². The van der Waals surface area contributed by atoms with Gasteiger partial charge in [0.05, 0.1) is 44.0 Å². The molecule has 0 unspecified atom stereocenters. The van der Waals surface area contributed by atoms with Gasteiger partial charge < -0.3 is 28.4 Å². The predicted molar refractivity (Wildman–Crippen MR) is 162 cm³/mol. The summed E-state index contributed by atoms with van der Waals surface area (Å²) in [5.74, 6) is 0.191. The zero-order valence-corrected chi connectivity index (χ0v) is 25.4. The number of rotatable bonds is 19. The van der Waals surface area contributed by atoms with Crippen LogP contribution in [-0.4, -0.2) is 69.8 Å². The van der Waals surface area contributed by atoms with Crippen LogP contribution in [0, 0.1) is 11.8 Å². The van der Waals surface area contributed by atoms with Gasteiger partial charge in [-0.3, -0.25) is 4.79 Å². The number of carbonyl (C=O) groups excluding carboxylic acids is 3. The molecule has 0 heterocycles. The molecule has 238 valence electrons. The zero-order valence-electron chi connectivity index (χ0n) is 25.4. The second-order valence-electron chi connectivity index (χ2n) is 11.2. The van der Waals surface area contributed by atoms with Gasteiger partial charge in [-0.25, -0.2) is 9.59 Å². The van der Waals surface area contributed by atoms with Crippen molar-refractivity contribution in [1.29, 1.82) is 0 Å². The van der Waals surface area contributed by atoms with E-state index in [9.17, 15) is 14.4 Å². The highest BCUT2D eigenvalue weighted by Gasteiger charge is 2.31. The molecule has 9 heteroatoms. The van der Waals surface area contributed by atoms with Gasteiger partial charge in [-0.1, -0.05) is 12.7 Å². The van der Waals surface area contributed by atoms with Gasteiger partial charge in [0.25, 0.3) is 0 Å². The molecular weight excluding hydrogens is 552 g/mol. The van der Waals surface area contributed by atoms with Crippen LogP contribution in [0.25, 0.3) is 0 Å². The monoisotopic (exact) mass is 600 g/mol. The van der Waals surface area contributed by atoms with Gasteiger partial charge in [-0.05, 0) is 94.4 Å². The van der Waals surface area contributed by atoms with Crippen molar-refractivity contribution in [2.75, 3.05) is 39.6 Å². The van der Waals surface area contributed by atoms with Crippen LogP contribution >= 0.6 is 0 Å². The van der Waals surface area contributed by atoms with E-state index in [-0.39, 0.29) is 36.7 Å². The Labute approximate surface area is 255 Å². The molecule has 2 fully saturated rings. The Kier molecular flexibility index (Phi) is 15.9. The first-order chi connectivity index (χ1) is 21.0. The average Bonchev–Trinajstić information content (AvgIpc) is 3.03. The first-order valence-corrected chi connectivity index (χ1v) is 15.7. The molecule has 1 aromatic rings. The van der Waals surface area contributed by atoms with Crippen molar-refractivity contribution in [2.24, 2.45) is 11.8 Å². The Morgan fingerprint density at radius 3 is 2.16 bits per heavy atom. The fourth-order valence-corrected chi connectivity index (χ4v) is 5.41. The predicted octanol–water partition coefficient (Wildman–Crippen LogP) is 6.00. The molecule has 0 N–H and O–H groups in total. The summed E-state index contributed by atoms with van der Waals surface area (Å²) >= 11 is 0. The maximum absolute atomic E-state index is 12.8. The molecule has 9 nitrogen and oxygen atoms in total. The molecule has 2 aliphatic rings. The van der Waals surface area contributed by atoms with Crippen molar-refractivity contribution in [3.63, 3.8) is 0 Å². The third-order valence-electron chi connectivity index (χ3n) is 7.92. The molecular formula is C34H48O9. The lowest BCUT2D eigenvalue weighted by Crippen LogP contribution is -2.32. The van der Waals surface area contributed by atoms with E-state index < -0.39 is 5.97 Å². The van der Waals surface area contributed by atoms with Crippen molar-refractivity contribution in [2.45, 2.75) is 82.8 Å². The van der Waals surface area contributed by atoms with Crippen molar-refractivity contribution >= 4 is 17.9 Å². The van der Waals surface area contributed by atoms with Crippen molar-refractivity contribution in [3.05, 3.63) is 55.1 Å². The van der Waals surface area contributed by atoms with Gasteiger partial charge >= 0.3 is 17.9 Å². The number of ether oxygens (including phenoxy) is 6. The topological polar surface area (TPSA) is 107 Å². The van der Waals surface area contributed by atoms with E-state index in [0.29, 0.717) is 56.7 Å². The van der Waals surface area contributed by atoms with Crippen LogP contribution in [0.5, 0.6) is 5.75 Å². The van der Waals surface area contributed by atoms with Gasteiger partial charge in [0.15, 0.2) is 0 Å². The molecule has 0 radical (unpaired) electrons. The highest BCUT2D eigenvalue weighted by atomic mass is 16.5. The molecule has 0 aliphatic heterocycles. The fourth-order valence-electron chi connectivity index (χ4n) is 5.41. The van der Waals surface area contributed by atoms with E-state index in [2.05, 4.69) is 13.2 Å². The Morgan fingerprint density at radius 1 is 0.767 bits per heavy atom. The summed E-state index contributed by atoms with van der Waals surface area (Å²) < 4.78 is 33.2. The van der Waals surface area contributed by atoms with Crippen LogP contribution in [0.3, 0.4) is 0 Å². The van der Waals surface area contributed by atoms with Crippen LogP contribution in [-0.2, 0) is 33.3 Å². The molecule has 2 aliphatic carbocycles. The highest BCUT2D eigenvalue weighted by Crippen LogP contribution is 2.32. The van der Waals surface area contributed by atoms with Gasteiger partial charge in [-0.2, -0.15) is 0 Å². The van der Waals surface area contributed by atoms with E-state index in [4.69, 9.17) is 28.4 Å². The Bertz CT molecular complexity index is 990. The number of benzene rings is 1. The summed E-state index contributed by atoms with van der Waals surface area (Å²) in [5.41, 5.74) is 0.470. The standard InChI is InChI=1S/C34H48O9/c1-3-20-38-21-5-22-39-30-17-11-28(12-18-30)34(37)43-31-13-7-26(8-14-31)19-25-42-33(36)27-9-15-29(16-10-27)40-23-6-24-41-32(35)4-2/h3-4,9-10,15-16,26,28,30-31H,1-2,5-8,11-14,17-25H2. The van der Waals surface area contributed by atoms with Gasteiger partial charge in [0, 0.05) is 25.7 Å². The lowest BCUT2D eigenvalue weighted by atomic mass is 9.85.